The van der Waals surface area contributed by atoms with Gasteiger partial charge >= 0.3 is 17.2 Å². The number of rotatable bonds is 9. The van der Waals surface area contributed by atoms with Crippen LogP contribution in [0.4, 0.5) is 5.69 Å². The number of ether oxygens (including phenoxy) is 1. The number of hydrogen-bond acceptors (Lipinski definition) is 8. The van der Waals surface area contributed by atoms with Gasteiger partial charge in [0.1, 0.15) is 0 Å². The molecule has 0 aliphatic rings. The molecule has 1 aromatic carbocycles. The highest BCUT2D eigenvalue weighted by atomic mass is 16.6. The van der Waals surface area contributed by atoms with Crippen molar-refractivity contribution in [1.82, 2.24) is 24.8 Å². The molecule has 0 fully saturated rings. The molecule has 0 radical (unpaired) electrons. The topological polar surface area (TPSA) is 135 Å². The summed E-state index contributed by atoms with van der Waals surface area (Å²) in [5.74, 6) is -0.188. The van der Waals surface area contributed by atoms with Gasteiger partial charge in [0.25, 0.3) is 0 Å². The van der Waals surface area contributed by atoms with Gasteiger partial charge in [0.15, 0.2) is 0 Å². The summed E-state index contributed by atoms with van der Waals surface area (Å²) in [6.45, 7) is 0.793. The molecular formula is C19H20N6O5. The number of carbonyl (C=O) groups excluding carboxylic acids is 1. The predicted molar refractivity (Wildman–Crippen MR) is 106 cm³/mol. The van der Waals surface area contributed by atoms with Gasteiger partial charge in [0, 0.05) is 24.4 Å². The van der Waals surface area contributed by atoms with Crippen LogP contribution in [0.3, 0.4) is 0 Å². The van der Waals surface area contributed by atoms with Crippen molar-refractivity contribution in [3.05, 3.63) is 68.6 Å². The standard InChI is InChI=1S/C19H20N6O5/c1-30-19(27)15-12-16(25(28)29)18(26)23(13-15)10-6-3-7-11-24-21-17(20-22-24)14-8-4-2-5-9-14/h2,4-5,8-9,12-13H,3,6-7,10-11H2,1H3. The first-order chi connectivity index (χ1) is 14.5. The Morgan fingerprint density at radius 2 is 1.90 bits per heavy atom. The van der Waals surface area contributed by atoms with Crippen LogP contribution < -0.4 is 5.56 Å². The van der Waals surface area contributed by atoms with Gasteiger partial charge in [-0.25, -0.2) is 4.79 Å². The summed E-state index contributed by atoms with van der Waals surface area (Å²) in [5, 5.41) is 23.5. The van der Waals surface area contributed by atoms with E-state index >= 15 is 0 Å². The first-order valence-electron chi connectivity index (χ1n) is 9.30. The molecular weight excluding hydrogens is 392 g/mol. The molecule has 2 heterocycles. The summed E-state index contributed by atoms with van der Waals surface area (Å²) in [6, 6.07) is 10.5. The zero-order chi connectivity index (χ0) is 21.5. The van der Waals surface area contributed by atoms with Crippen LogP contribution in [0.2, 0.25) is 0 Å². The number of nitro groups is 1. The molecule has 156 valence electrons. The Kier molecular flexibility index (Phi) is 6.63. The molecule has 0 aliphatic heterocycles. The van der Waals surface area contributed by atoms with Crippen molar-refractivity contribution >= 4 is 11.7 Å². The molecule has 0 saturated heterocycles. The van der Waals surface area contributed by atoms with Crippen molar-refractivity contribution in [2.75, 3.05) is 7.11 Å². The lowest BCUT2D eigenvalue weighted by Gasteiger charge is -2.08. The molecule has 0 unspecified atom stereocenters. The monoisotopic (exact) mass is 412 g/mol. The Hall–Kier alpha value is -3.89. The summed E-state index contributed by atoms with van der Waals surface area (Å²) in [5.41, 5.74) is -0.560. The van der Waals surface area contributed by atoms with Crippen LogP contribution in [0.15, 0.2) is 47.4 Å². The normalized spacial score (nSPS) is 10.7. The molecule has 2 aromatic heterocycles. The number of aryl methyl sites for hydroxylation is 2. The first-order valence-corrected chi connectivity index (χ1v) is 9.30. The number of pyridine rings is 1. The SMILES string of the molecule is COC(=O)c1cc([N+](=O)[O-])c(=O)n(CCCCCn2nnc(-c3ccccc3)n2)c1. The van der Waals surface area contributed by atoms with E-state index in [4.69, 9.17) is 0 Å². The number of tetrazole rings is 1. The predicted octanol–water partition coefficient (Wildman–Crippen LogP) is 2.07. The third-order valence-electron chi connectivity index (χ3n) is 4.43. The second kappa shape index (κ2) is 9.54. The van der Waals surface area contributed by atoms with Crippen LogP contribution in [0, 0.1) is 10.1 Å². The second-order valence-electron chi connectivity index (χ2n) is 6.50. The van der Waals surface area contributed by atoms with E-state index in [1.54, 1.807) is 0 Å². The van der Waals surface area contributed by atoms with E-state index in [2.05, 4.69) is 20.1 Å². The van der Waals surface area contributed by atoms with Crippen molar-refractivity contribution in [2.45, 2.75) is 32.4 Å². The van der Waals surface area contributed by atoms with Gasteiger partial charge < -0.3 is 9.30 Å². The van der Waals surface area contributed by atoms with Gasteiger partial charge in [-0.2, -0.15) is 4.80 Å². The van der Waals surface area contributed by atoms with Crippen LogP contribution in [0.25, 0.3) is 11.4 Å². The van der Waals surface area contributed by atoms with E-state index in [0.717, 1.165) is 24.5 Å². The van der Waals surface area contributed by atoms with Crippen molar-refractivity contribution in [2.24, 2.45) is 0 Å². The average Bonchev–Trinajstić information content (AvgIpc) is 3.23. The number of methoxy groups -OCH3 is 1. The highest BCUT2D eigenvalue weighted by Gasteiger charge is 2.20. The molecule has 0 amide bonds. The molecule has 0 spiro atoms. The van der Waals surface area contributed by atoms with E-state index in [-0.39, 0.29) is 12.1 Å². The molecule has 3 aromatic rings. The maximum atomic E-state index is 12.2. The third kappa shape index (κ3) is 4.93. The van der Waals surface area contributed by atoms with E-state index in [9.17, 15) is 19.7 Å². The van der Waals surface area contributed by atoms with Gasteiger partial charge in [0.05, 0.1) is 24.1 Å². The lowest BCUT2D eigenvalue weighted by Crippen LogP contribution is -2.24. The van der Waals surface area contributed by atoms with Gasteiger partial charge in [-0.3, -0.25) is 14.9 Å². The smallest absolute Gasteiger partial charge is 0.339 e. The second-order valence-corrected chi connectivity index (χ2v) is 6.50. The number of aromatic nitrogens is 5. The van der Waals surface area contributed by atoms with Crippen molar-refractivity contribution < 1.29 is 14.5 Å². The number of carbonyl (C=O) groups is 1. The van der Waals surface area contributed by atoms with Gasteiger partial charge in [-0.1, -0.05) is 30.3 Å². The van der Waals surface area contributed by atoms with Gasteiger partial charge in [0.2, 0.25) is 5.82 Å². The Morgan fingerprint density at radius 1 is 1.17 bits per heavy atom. The zero-order valence-corrected chi connectivity index (χ0v) is 16.3. The Labute approximate surface area is 171 Å². The summed E-state index contributed by atoms with van der Waals surface area (Å²) < 4.78 is 5.76. The van der Waals surface area contributed by atoms with E-state index in [1.165, 1.54) is 22.7 Å². The molecule has 0 atom stereocenters. The van der Waals surface area contributed by atoms with Gasteiger partial charge in [-0.05, 0) is 24.5 Å². The Balaban J connectivity index is 1.56. The minimum Gasteiger partial charge on any atom is -0.465 e. The van der Waals surface area contributed by atoms with E-state index in [1.807, 2.05) is 30.3 Å². The van der Waals surface area contributed by atoms with Gasteiger partial charge in [-0.15, -0.1) is 10.2 Å². The van der Waals surface area contributed by atoms with Crippen LogP contribution in [0.5, 0.6) is 0 Å². The van der Waals surface area contributed by atoms with Crippen molar-refractivity contribution in [1.29, 1.82) is 0 Å². The molecule has 30 heavy (non-hydrogen) atoms. The maximum absolute atomic E-state index is 12.2. The average molecular weight is 412 g/mol. The number of nitrogens with zero attached hydrogens (tertiary/aromatic N) is 6. The van der Waals surface area contributed by atoms with Crippen LogP contribution >= 0.6 is 0 Å². The third-order valence-corrected chi connectivity index (χ3v) is 4.43. The Morgan fingerprint density at radius 3 is 2.60 bits per heavy atom. The first kappa shape index (κ1) is 20.8. The van der Waals surface area contributed by atoms with E-state index < -0.39 is 22.1 Å². The van der Waals surface area contributed by atoms with Crippen LogP contribution in [-0.2, 0) is 17.8 Å². The maximum Gasteiger partial charge on any atom is 0.339 e. The highest BCUT2D eigenvalue weighted by Crippen LogP contribution is 2.13. The van der Waals surface area contributed by atoms with Crippen molar-refractivity contribution in [3.8, 4) is 11.4 Å². The lowest BCUT2D eigenvalue weighted by molar-refractivity contribution is -0.386. The Bertz CT molecular complexity index is 1090. The summed E-state index contributed by atoms with van der Waals surface area (Å²) in [7, 11) is 1.17. The molecule has 3 rings (SSSR count). The molecule has 0 N–H and O–H groups in total. The number of benzene rings is 1. The number of unbranched alkanes of at least 4 members (excludes halogenated alkanes) is 2. The zero-order valence-electron chi connectivity index (χ0n) is 16.3. The highest BCUT2D eigenvalue weighted by molar-refractivity contribution is 5.89. The number of esters is 1. The molecule has 0 saturated carbocycles. The minimum atomic E-state index is -0.800. The quantitative estimate of drug-likeness (QED) is 0.225. The van der Waals surface area contributed by atoms with E-state index in [0.29, 0.717) is 18.8 Å². The fourth-order valence-electron chi connectivity index (χ4n) is 2.90. The molecule has 11 nitrogen and oxygen atoms in total. The largest absolute Gasteiger partial charge is 0.465 e. The summed E-state index contributed by atoms with van der Waals surface area (Å²) in [6.07, 6.45) is 3.33. The molecule has 11 heteroatoms. The van der Waals surface area contributed by atoms with Crippen LogP contribution in [-0.4, -0.2) is 42.8 Å². The fourth-order valence-corrected chi connectivity index (χ4v) is 2.90. The lowest BCUT2D eigenvalue weighted by atomic mass is 10.2. The molecule has 0 bridgehead atoms. The van der Waals surface area contributed by atoms with Crippen LogP contribution in [0.1, 0.15) is 29.6 Å². The summed E-state index contributed by atoms with van der Waals surface area (Å²) >= 11 is 0. The minimum absolute atomic E-state index is 0.0379. The fraction of sp³-hybridized carbons (Fsp3) is 0.316. The summed E-state index contributed by atoms with van der Waals surface area (Å²) in [4.78, 5) is 35.7. The van der Waals surface area contributed by atoms with Crippen molar-refractivity contribution in [3.63, 3.8) is 0 Å². The number of hydrogen-bond donors (Lipinski definition) is 0. The molecule has 0 aliphatic carbocycles.